The van der Waals surface area contributed by atoms with Crippen molar-refractivity contribution in [1.29, 1.82) is 0 Å². The van der Waals surface area contributed by atoms with E-state index < -0.39 is 0 Å². The second kappa shape index (κ2) is 4.93. The third kappa shape index (κ3) is 2.59. The first-order valence-electron chi connectivity index (χ1n) is 5.89. The molecule has 2 rings (SSSR count). The lowest BCUT2D eigenvalue weighted by atomic mass is 10.0. The van der Waals surface area contributed by atoms with Gasteiger partial charge in [0.2, 0.25) is 0 Å². The molecule has 1 aromatic heterocycles. The van der Waals surface area contributed by atoms with E-state index in [1.54, 1.807) is 6.33 Å². The largest absolute Gasteiger partial charge is 0.396 e. The minimum Gasteiger partial charge on any atom is -0.396 e. The quantitative estimate of drug-likeness (QED) is 0.784. The molecule has 1 aliphatic heterocycles. The highest BCUT2D eigenvalue weighted by molar-refractivity contribution is 4.89. The van der Waals surface area contributed by atoms with Gasteiger partial charge in [-0.2, -0.15) is 5.10 Å². The summed E-state index contributed by atoms with van der Waals surface area (Å²) >= 11 is 0. The smallest absolute Gasteiger partial charge is 0.141 e. The summed E-state index contributed by atoms with van der Waals surface area (Å²) in [6, 6.07) is 0. The Hall–Kier alpha value is -0.940. The maximum absolute atomic E-state index is 8.94. The zero-order valence-electron chi connectivity index (χ0n) is 10.0. The summed E-state index contributed by atoms with van der Waals surface area (Å²) < 4.78 is 1.98. The average molecular weight is 224 g/mol. The van der Waals surface area contributed by atoms with E-state index in [2.05, 4.69) is 28.8 Å². The van der Waals surface area contributed by atoms with E-state index in [1.807, 2.05) is 4.68 Å². The number of hydrogen-bond donors (Lipinski definition) is 1. The van der Waals surface area contributed by atoms with Gasteiger partial charge in [0, 0.05) is 32.2 Å². The van der Waals surface area contributed by atoms with E-state index >= 15 is 0 Å². The standard InChI is InChI=1S/C11H20N4O/c1-9(2)3-15-11(12-8-13-15)6-14-4-10(5-14)7-16/h8-10,16H,3-7H2,1-2H3. The van der Waals surface area contributed by atoms with Gasteiger partial charge in [-0.1, -0.05) is 13.8 Å². The summed E-state index contributed by atoms with van der Waals surface area (Å²) in [5.41, 5.74) is 0. The van der Waals surface area contributed by atoms with E-state index in [0.29, 0.717) is 18.4 Å². The van der Waals surface area contributed by atoms with Crippen molar-refractivity contribution < 1.29 is 5.11 Å². The molecule has 1 aromatic rings. The van der Waals surface area contributed by atoms with Gasteiger partial charge < -0.3 is 5.11 Å². The number of rotatable bonds is 5. The van der Waals surface area contributed by atoms with Crippen molar-refractivity contribution in [2.45, 2.75) is 26.9 Å². The zero-order valence-corrected chi connectivity index (χ0v) is 10.0. The highest BCUT2D eigenvalue weighted by atomic mass is 16.3. The van der Waals surface area contributed by atoms with Gasteiger partial charge in [0.15, 0.2) is 0 Å². The molecule has 0 aliphatic carbocycles. The predicted molar refractivity (Wildman–Crippen MR) is 60.7 cm³/mol. The van der Waals surface area contributed by atoms with Gasteiger partial charge in [-0.05, 0) is 5.92 Å². The Balaban J connectivity index is 1.87. The maximum atomic E-state index is 8.94. The summed E-state index contributed by atoms with van der Waals surface area (Å²) in [4.78, 5) is 6.58. The first-order valence-corrected chi connectivity index (χ1v) is 5.89. The molecule has 1 N–H and O–H groups in total. The molecular weight excluding hydrogens is 204 g/mol. The summed E-state index contributed by atoms with van der Waals surface area (Å²) in [6.45, 7) is 8.38. The minimum atomic E-state index is 0.301. The lowest BCUT2D eigenvalue weighted by molar-refractivity contribution is 0.0447. The van der Waals surface area contributed by atoms with E-state index in [1.165, 1.54) is 0 Å². The fourth-order valence-corrected chi connectivity index (χ4v) is 2.03. The van der Waals surface area contributed by atoms with Gasteiger partial charge in [-0.15, -0.1) is 0 Å². The molecule has 0 radical (unpaired) electrons. The van der Waals surface area contributed by atoms with Crippen LogP contribution < -0.4 is 0 Å². The van der Waals surface area contributed by atoms with Crippen LogP contribution in [0.1, 0.15) is 19.7 Å². The number of likely N-dealkylation sites (tertiary alicyclic amines) is 1. The molecule has 2 heterocycles. The monoisotopic (exact) mass is 224 g/mol. The zero-order chi connectivity index (χ0) is 11.5. The minimum absolute atomic E-state index is 0.301. The first-order chi connectivity index (χ1) is 7.69. The molecule has 1 aliphatic rings. The predicted octanol–water partition coefficient (Wildman–Crippen LogP) is 0.358. The number of hydrogen-bond acceptors (Lipinski definition) is 4. The van der Waals surface area contributed by atoms with Crippen molar-refractivity contribution in [3.8, 4) is 0 Å². The Morgan fingerprint density at radius 3 is 2.88 bits per heavy atom. The van der Waals surface area contributed by atoms with Gasteiger partial charge >= 0.3 is 0 Å². The van der Waals surface area contributed by atoms with Gasteiger partial charge in [-0.3, -0.25) is 4.90 Å². The van der Waals surface area contributed by atoms with Crippen LogP contribution in [-0.4, -0.2) is 44.5 Å². The van der Waals surface area contributed by atoms with Crippen molar-refractivity contribution in [2.75, 3.05) is 19.7 Å². The van der Waals surface area contributed by atoms with Crippen LogP contribution >= 0.6 is 0 Å². The fourth-order valence-electron chi connectivity index (χ4n) is 2.03. The van der Waals surface area contributed by atoms with Gasteiger partial charge in [0.05, 0.1) is 6.54 Å². The normalized spacial score (nSPS) is 18.0. The van der Waals surface area contributed by atoms with E-state index in [-0.39, 0.29) is 0 Å². The molecule has 0 bridgehead atoms. The van der Waals surface area contributed by atoms with Crippen LogP contribution in [0.25, 0.3) is 0 Å². The second-order valence-corrected chi connectivity index (χ2v) is 4.99. The van der Waals surface area contributed by atoms with Crippen LogP contribution in [0.2, 0.25) is 0 Å². The van der Waals surface area contributed by atoms with Crippen molar-refractivity contribution in [3.05, 3.63) is 12.2 Å². The molecule has 0 spiro atoms. The molecule has 5 nitrogen and oxygen atoms in total. The van der Waals surface area contributed by atoms with Gasteiger partial charge in [0.1, 0.15) is 12.2 Å². The molecule has 0 saturated carbocycles. The Morgan fingerprint density at radius 2 is 2.25 bits per heavy atom. The lowest BCUT2D eigenvalue weighted by Crippen LogP contribution is -2.47. The topological polar surface area (TPSA) is 54.2 Å². The molecule has 16 heavy (non-hydrogen) atoms. The Bertz CT molecular complexity index is 330. The number of aromatic nitrogens is 3. The molecular formula is C11H20N4O. The second-order valence-electron chi connectivity index (χ2n) is 4.99. The fraction of sp³-hybridized carbons (Fsp3) is 0.818. The third-order valence-electron chi connectivity index (χ3n) is 2.89. The summed E-state index contributed by atoms with van der Waals surface area (Å²) in [6.07, 6.45) is 1.63. The Morgan fingerprint density at radius 1 is 1.50 bits per heavy atom. The summed E-state index contributed by atoms with van der Waals surface area (Å²) in [5.74, 6) is 2.08. The molecule has 0 amide bonds. The number of aliphatic hydroxyl groups is 1. The lowest BCUT2D eigenvalue weighted by Gasteiger charge is -2.37. The highest BCUT2D eigenvalue weighted by Crippen LogP contribution is 2.17. The maximum Gasteiger partial charge on any atom is 0.141 e. The van der Waals surface area contributed by atoms with Crippen LogP contribution in [-0.2, 0) is 13.1 Å². The third-order valence-corrected chi connectivity index (χ3v) is 2.89. The molecule has 0 unspecified atom stereocenters. The number of aliphatic hydroxyl groups excluding tert-OH is 1. The van der Waals surface area contributed by atoms with Crippen molar-refractivity contribution >= 4 is 0 Å². The average Bonchev–Trinajstić information content (AvgIpc) is 2.57. The van der Waals surface area contributed by atoms with Crippen molar-refractivity contribution in [2.24, 2.45) is 11.8 Å². The molecule has 90 valence electrons. The SMILES string of the molecule is CC(C)Cn1ncnc1CN1CC(CO)C1. The van der Waals surface area contributed by atoms with Crippen LogP contribution in [0.3, 0.4) is 0 Å². The molecule has 0 aromatic carbocycles. The van der Waals surface area contributed by atoms with Gasteiger partial charge in [0.25, 0.3) is 0 Å². The van der Waals surface area contributed by atoms with Crippen LogP contribution in [0.4, 0.5) is 0 Å². The molecule has 5 heteroatoms. The van der Waals surface area contributed by atoms with E-state index in [0.717, 1.165) is 32.0 Å². The Labute approximate surface area is 96.1 Å². The molecule has 1 saturated heterocycles. The summed E-state index contributed by atoms with van der Waals surface area (Å²) in [7, 11) is 0. The first kappa shape index (κ1) is 11.5. The number of nitrogens with zero attached hydrogens (tertiary/aromatic N) is 4. The summed E-state index contributed by atoms with van der Waals surface area (Å²) in [5, 5.41) is 13.2. The van der Waals surface area contributed by atoms with Gasteiger partial charge in [-0.25, -0.2) is 9.67 Å². The van der Waals surface area contributed by atoms with Crippen molar-refractivity contribution in [1.82, 2.24) is 19.7 Å². The van der Waals surface area contributed by atoms with Crippen LogP contribution in [0, 0.1) is 11.8 Å². The van der Waals surface area contributed by atoms with E-state index in [4.69, 9.17) is 5.11 Å². The van der Waals surface area contributed by atoms with E-state index in [9.17, 15) is 0 Å². The van der Waals surface area contributed by atoms with Crippen LogP contribution in [0.5, 0.6) is 0 Å². The Kier molecular flexibility index (Phi) is 3.56. The van der Waals surface area contributed by atoms with Crippen molar-refractivity contribution in [3.63, 3.8) is 0 Å². The highest BCUT2D eigenvalue weighted by Gasteiger charge is 2.26. The van der Waals surface area contributed by atoms with Crippen LogP contribution in [0.15, 0.2) is 6.33 Å². The molecule has 1 fully saturated rings. The molecule has 0 atom stereocenters.